The van der Waals surface area contributed by atoms with Crippen molar-refractivity contribution in [3.05, 3.63) is 23.3 Å². The van der Waals surface area contributed by atoms with Gasteiger partial charge in [0.05, 0.1) is 20.8 Å². The molecule has 0 aliphatic rings. The van der Waals surface area contributed by atoms with Crippen LogP contribution in [0.3, 0.4) is 0 Å². The summed E-state index contributed by atoms with van der Waals surface area (Å²) in [7, 11) is 3.34. The lowest BCUT2D eigenvalue weighted by Gasteiger charge is -2.16. The Bertz CT molecular complexity index is 407. The zero-order valence-corrected chi connectivity index (χ0v) is 12.8. The van der Waals surface area contributed by atoms with E-state index in [-0.39, 0.29) is 12.6 Å². The Kier molecular flexibility index (Phi) is 7.41. The van der Waals surface area contributed by atoms with Crippen LogP contribution in [0.4, 0.5) is 0 Å². The Morgan fingerprint density at radius 1 is 1.10 bits per heavy atom. The van der Waals surface area contributed by atoms with Gasteiger partial charge < -0.3 is 20.3 Å². The van der Waals surface area contributed by atoms with E-state index in [0.29, 0.717) is 6.42 Å². The van der Waals surface area contributed by atoms with E-state index in [2.05, 4.69) is 6.92 Å². The van der Waals surface area contributed by atoms with Gasteiger partial charge in [-0.2, -0.15) is 0 Å². The average molecular weight is 281 g/mol. The van der Waals surface area contributed by atoms with Gasteiger partial charge in [-0.15, -0.1) is 0 Å². The van der Waals surface area contributed by atoms with Crippen molar-refractivity contribution in [2.45, 2.75) is 45.1 Å². The number of aryl methyl sites for hydroxylation is 1. The molecule has 0 saturated carbocycles. The van der Waals surface area contributed by atoms with Crippen LogP contribution in [0.5, 0.6) is 11.5 Å². The van der Waals surface area contributed by atoms with Gasteiger partial charge in [0.1, 0.15) is 11.5 Å². The number of benzene rings is 1. The van der Waals surface area contributed by atoms with Gasteiger partial charge in [0, 0.05) is 6.04 Å². The van der Waals surface area contributed by atoms with Crippen LogP contribution in [-0.2, 0) is 12.8 Å². The zero-order chi connectivity index (χ0) is 15.0. The molecule has 0 aliphatic carbocycles. The second kappa shape index (κ2) is 8.82. The average Bonchev–Trinajstić information content (AvgIpc) is 2.47. The minimum absolute atomic E-state index is 0.0380. The Morgan fingerprint density at radius 2 is 1.70 bits per heavy atom. The highest BCUT2D eigenvalue weighted by Crippen LogP contribution is 2.30. The fraction of sp³-hybridized carbons (Fsp3) is 0.625. The molecule has 20 heavy (non-hydrogen) atoms. The number of unbranched alkanes of at least 4 members (excludes halogenated alkanes) is 2. The van der Waals surface area contributed by atoms with Crippen LogP contribution in [0.2, 0.25) is 0 Å². The Morgan fingerprint density at radius 3 is 2.25 bits per heavy atom. The minimum Gasteiger partial charge on any atom is -0.496 e. The summed E-state index contributed by atoms with van der Waals surface area (Å²) in [6, 6.07) is 3.74. The van der Waals surface area contributed by atoms with Crippen molar-refractivity contribution in [2.75, 3.05) is 20.8 Å². The molecule has 0 fully saturated rings. The number of aliphatic hydroxyl groups excluding tert-OH is 1. The third-order valence-corrected chi connectivity index (χ3v) is 3.45. The first-order chi connectivity index (χ1) is 9.65. The van der Waals surface area contributed by atoms with E-state index in [1.54, 1.807) is 14.2 Å². The number of rotatable bonds is 9. The van der Waals surface area contributed by atoms with Gasteiger partial charge in [-0.1, -0.05) is 19.8 Å². The van der Waals surface area contributed by atoms with Crippen LogP contribution in [0, 0.1) is 0 Å². The first-order valence-electron chi connectivity index (χ1n) is 7.26. The molecule has 4 heteroatoms. The van der Waals surface area contributed by atoms with Gasteiger partial charge in [0.25, 0.3) is 0 Å². The molecule has 1 aromatic rings. The summed E-state index contributed by atoms with van der Waals surface area (Å²) in [5, 5.41) is 9.09. The molecule has 0 spiro atoms. The number of aliphatic hydroxyl groups is 1. The molecule has 114 valence electrons. The first kappa shape index (κ1) is 16.8. The van der Waals surface area contributed by atoms with Crippen LogP contribution in [0.1, 0.15) is 37.3 Å². The number of hydrogen-bond acceptors (Lipinski definition) is 4. The normalized spacial score (nSPS) is 12.2. The molecule has 0 aromatic heterocycles. The second-order valence-corrected chi connectivity index (χ2v) is 5.08. The van der Waals surface area contributed by atoms with E-state index < -0.39 is 0 Å². The van der Waals surface area contributed by atoms with Crippen LogP contribution in [0.15, 0.2) is 12.1 Å². The summed E-state index contributed by atoms with van der Waals surface area (Å²) >= 11 is 0. The van der Waals surface area contributed by atoms with E-state index >= 15 is 0 Å². The molecular formula is C16H27NO3. The number of nitrogens with two attached hydrogens (primary N) is 1. The zero-order valence-electron chi connectivity index (χ0n) is 12.8. The fourth-order valence-corrected chi connectivity index (χ4v) is 2.29. The summed E-state index contributed by atoms with van der Waals surface area (Å²) in [5.41, 5.74) is 7.95. The lowest BCUT2D eigenvalue weighted by Crippen LogP contribution is -2.27. The molecular weight excluding hydrogens is 254 g/mol. The van der Waals surface area contributed by atoms with Crippen molar-refractivity contribution >= 4 is 0 Å². The molecule has 1 rings (SSSR count). The van der Waals surface area contributed by atoms with Gasteiger partial charge in [-0.25, -0.2) is 0 Å². The maximum Gasteiger partial charge on any atom is 0.122 e. The van der Waals surface area contributed by atoms with Crippen LogP contribution < -0.4 is 15.2 Å². The molecule has 0 heterocycles. The molecule has 0 radical (unpaired) electrons. The van der Waals surface area contributed by atoms with E-state index in [1.807, 2.05) is 12.1 Å². The molecule has 4 nitrogen and oxygen atoms in total. The Hall–Kier alpha value is -1.26. The van der Waals surface area contributed by atoms with Crippen LogP contribution in [0.25, 0.3) is 0 Å². The highest BCUT2D eigenvalue weighted by atomic mass is 16.5. The van der Waals surface area contributed by atoms with Crippen LogP contribution >= 0.6 is 0 Å². The summed E-state index contributed by atoms with van der Waals surface area (Å²) in [6.07, 6.45) is 5.11. The smallest absolute Gasteiger partial charge is 0.122 e. The van der Waals surface area contributed by atoms with Crippen molar-refractivity contribution in [2.24, 2.45) is 5.73 Å². The molecule has 1 atom stereocenters. The number of hydrogen-bond donors (Lipinski definition) is 2. The molecule has 0 amide bonds. The monoisotopic (exact) mass is 281 g/mol. The molecule has 3 N–H and O–H groups in total. The predicted octanol–water partition coefficient (Wildman–Crippen LogP) is 2.30. The van der Waals surface area contributed by atoms with E-state index in [1.165, 1.54) is 18.4 Å². The molecule has 0 bridgehead atoms. The van der Waals surface area contributed by atoms with Gasteiger partial charge in [-0.3, -0.25) is 0 Å². The van der Waals surface area contributed by atoms with Crippen molar-refractivity contribution in [3.8, 4) is 11.5 Å². The largest absolute Gasteiger partial charge is 0.496 e. The van der Waals surface area contributed by atoms with Crippen molar-refractivity contribution < 1.29 is 14.6 Å². The van der Waals surface area contributed by atoms with E-state index in [4.69, 9.17) is 20.3 Å². The standard InChI is InChI=1S/C16H27NO3/c1-4-5-6-7-12-9-16(20-3)13(8-14(17)11-18)10-15(12)19-2/h9-10,14,18H,4-8,11,17H2,1-3H3. The minimum atomic E-state index is -0.278. The third-order valence-electron chi connectivity index (χ3n) is 3.45. The molecule has 1 unspecified atom stereocenters. The number of ether oxygens (including phenoxy) is 2. The molecule has 1 aromatic carbocycles. The van der Waals surface area contributed by atoms with Gasteiger partial charge >= 0.3 is 0 Å². The highest BCUT2D eigenvalue weighted by Gasteiger charge is 2.13. The lowest BCUT2D eigenvalue weighted by atomic mass is 9.99. The Balaban J connectivity index is 2.97. The summed E-state index contributed by atoms with van der Waals surface area (Å²) < 4.78 is 10.9. The maximum atomic E-state index is 9.09. The fourth-order valence-electron chi connectivity index (χ4n) is 2.29. The first-order valence-corrected chi connectivity index (χ1v) is 7.26. The maximum absolute atomic E-state index is 9.09. The highest BCUT2D eigenvalue weighted by molar-refractivity contribution is 5.47. The SMILES string of the molecule is CCCCCc1cc(OC)c(CC(N)CO)cc1OC. The third kappa shape index (κ3) is 4.69. The summed E-state index contributed by atoms with van der Waals surface area (Å²) in [5.74, 6) is 1.70. The molecule has 0 aliphatic heterocycles. The topological polar surface area (TPSA) is 64.7 Å². The van der Waals surface area contributed by atoms with E-state index in [0.717, 1.165) is 29.9 Å². The van der Waals surface area contributed by atoms with E-state index in [9.17, 15) is 0 Å². The molecule has 0 saturated heterocycles. The van der Waals surface area contributed by atoms with Crippen LogP contribution in [-0.4, -0.2) is 32.0 Å². The summed E-state index contributed by atoms with van der Waals surface area (Å²) in [6.45, 7) is 2.15. The lowest BCUT2D eigenvalue weighted by molar-refractivity contribution is 0.264. The van der Waals surface area contributed by atoms with Crippen molar-refractivity contribution in [3.63, 3.8) is 0 Å². The second-order valence-electron chi connectivity index (χ2n) is 5.08. The van der Waals surface area contributed by atoms with Gasteiger partial charge in [-0.05, 0) is 42.5 Å². The van der Waals surface area contributed by atoms with Gasteiger partial charge in [0.2, 0.25) is 0 Å². The van der Waals surface area contributed by atoms with Crippen molar-refractivity contribution in [1.82, 2.24) is 0 Å². The number of methoxy groups -OCH3 is 2. The van der Waals surface area contributed by atoms with Crippen molar-refractivity contribution in [1.29, 1.82) is 0 Å². The van der Waals surface area contributed by atoms with Gasteiger partial charge in [0.15, 0.2) is 0 Å². The predicted molar refractivity (Wildman–Crippen MR) is 81.5 cm³/mol. The Labute approximate surface area is 121 Å². The summed E-state index contributed by atoms with van der Waals surface area (Å²) in [4.78, 5) is 0. The quantitative estimate of drug-likeness (QED) is 0.682.